The van der Waals surface area contributed by atoms with E-state index in [1.807, 2.05) is 68.4 Å². The number of amides is 2. The van der Waals surface area contributed by atoms with Crippen LogP contribution in [0.2, 0.25) is 0 Å². The zero-order valence-corrected chi connectivity index (χ0v) is 26.3. The Morgan fingerprint density at radius 2 is 1.61 bits per heavy atom. The number of hydrogen-bond acceptors (Lipinski definition) is 8. The number of carbonyl (C=O) groups is 1. The summed E-state index contributed by atoms with van der Waals surface area (Å²) in [4.78, 5) is 30.9. The number of likely N-dealkylation sites (N-methyl/N-ethyl adjacent to an activating group) is 1. The number of hydrogen-bond donors (Lipinski definition) is 3. The van der Waals surface area contributed by atoms with Crippen molar-refractivity contribution in [2.24, 2.45) is 0 Å². The topological polar surface area (TPSA) is 108 Å². The van der Waals surface area contributed by atoms with Gasteiger partial charge in [-0.3, -0.25) is 0 Å². The number of aryl methyl sites for hydroxylation is 2. The lowest BCUT2D eigenvalue weighted by molar-refractivity contribution is 0.251. The molecule has 3 N–H and O–H groups in total. The lowest BCUT2D eigenvalue weighted by Gasteiger charge is -2.34. The molecular formula is C36H38N8O2. The van der Waals surface area contributed by atoms with Crippen LogP contribution < -0.4 is 25.6 Å². The van der Waals surface area contributed by atoms with E-state index >= 15 is 0 Å². The highest BCUT2D eigenvalue weighted by Gasteiger charge is 2.15. The molecule has 5 aromatic rings. The number of piperazine rings is 1. The summed E-state index contributed by atoms with van der Waals surface area (Å²) in [5.41, 5.74) is 7.26. The van der Waals surface area contributed by atoms with Crippen molar-refractivity contribution in [1.82, 2.24) is 25.2 Å². The average molecular weight is 615 g/mol. The van der Waals surface area contributed by atoms with Crippen LogP contribution in [-0.2, 0) is 6.54 Å². The molecule has 1 saturated heterocycles. The fraction of sp³-hybridized carbons (Fsp3) is 0.222. The molecule has 2 aromatic heterocycles. The van der Waals surface area contributed by atoms with Crippen molar-refractivity contribution in [1.29, 1.82) is 0 Å². The van der Waals surface area contributed by atoms with E-state index in [0.29, 0.717) is 35.5 Å². The minimum absolute atomic E-state index is 0.278. The summed E-state index contributed by atoms with van der Waals surface area (Å²) < 4.78 is 6.28. The van der Waals surface area contributed by atoms with E-state index in [1.165, 1.54) is 11.3 Å². The van der Waals surface area contributed by atoms with Crippen LogP contribution in [-0.4, -0.2) is 59.1 Å². The van der Waals surface area contributed by atoms with Crippen LogP contribution >= 0.6 is 0 Å². The molecule has 10 nitrogen and oxygen atoms in total. The highest BCUT2D eigenvalue weighted by molar-refractivity contribution is 5.89. The number of benzene rings is 3. The summed E-state index contributed by atoms with van der Waals surface area (Å²) in [6, 6.07) is 27.2. The Hall–Kier alpha value is -5.48. The van der Waals surface area contributed by atoms with Crippen molar-refractivity contribution in [2.45, 2.75) is 20.4 Å². The number of nitrogens with zero attached hydrogens (tertiary/aromatic N) is 5. The van der Waals surface area contributed by atoms with E-state index in [4.69, 9.17) is 9.72 Å². The van der Waals surface area contributed by atoms with Gasteiger partial charge in [-0.25, -0.2) is 19.7 Å². The maximum atomic E-state index is 12.5. The largest absolute Gasteiger partial charge is 0.438 e. The standard InChI is InChI=1S/C36H38N8O2/c1-25-6-8-27(9-7-25)24-39-36(45)41-29-12-15-33(26(2)23-29)46-34-31(5-4-17-37-34)32-16-18-38-35(42-32)40-28-10-13-30(14-11-28)44-21-19-43(3)20-22-44/h4-18,23H,19-22,24H2,1-3H3,(H,38,40,42)(H2,39,41,45). The molecule has 0 aliphatic carbocycles. The third-order valence-corrected chi connectivity index (χ3v) is 7.91. The molecule has 46 heavy (non-hydrogen) atoms. The fourth-order valence-electron chi connectivity index (χ4n) is 5.19. The van der Waals surface area contributed by atoms with Gasteiger partial charge in [0.15, 0.2) is 0 Å². The average Bonchev–Trinajstić information content (AvgIpc) is 3.07. The third kappa shape index (κ3) is 7.77. The van der Waals surface area contributed by atoms with Crippen molar-refractivity contribution in [3.8, 4) is 22.9 Å². The first-order valence-electron chi connectivity index (χ1n) is 15.4. The molecule has 0 saturated carbocycles. The summed E-state index contributed by atoms with van der Waals surface area (Å²) in [5, 5.41) is 9.10. The van der Waals surface area contributed by atoms with Crippen molar-refractivity contribution >= 4 is 29.0 Å². The summed E-state index contributed by atoms with van der Waals surface area (Å²) in [7, 11) is 2.16. The summed E-state index contributed by atoms with van der Waals surface area (Å²) in [6.07, 6.45) is 3.40. The van der Waals surface area contributed by atoms with Crippen molar-refractivity contribution in [2.75, 3.05) is 48.8 Å². The second-order valence-corrected chi connectivity index (χ2v) is 11.5. The second-order valence-electron chi connectivity index (χ2n) is 11.5. The molecule has 0 atom stereocenters. The monoisotopic (exact) mass is 614 g/mol. The minimum atomic E-state index is -0.278. The van der Waals surface area contributed by atoms with Crippen LogP contribution in [0.25, 0.3) is 11.3 Å². The van der Waals surface area contributed by atoms with Gasteiger partial charge in [0, 0.05) is 62.2 Å². The molecule has 1 aliphatic rings. The molecular weight excluding hydrogens is 576 g/mol. The van der Waals surface area contributed by atoms with E-state index in [2.05, 4.69) is 67.0 Å². The zero-order valence-electron chi connectivity index (χ0n) is 26.3. The maximum absolute atomic E-state index is 12.5. The Kier molecular flexibility index (Phi) is 9.35. The number of urea groups is 1. The number of rotatable bonds is 9. The lowest BCUT2D eigenvalue weighted by Crippen LogP contribution is -2.44. The second kappa shape index (κ2) is 14.1. The third-order valence-electron chi connectivity index (χ3n) is 7.91. The molecule has 0 bridgehead atoms. The van der Waals surface area contributed by atoms with Crippen LogP contribution in [0, 0.1) is 13.8 Å². The van der Waals surface area contributed by atoms with E-state index in [-0.39, 0.29) is 6.03 Å². The van der Waals surface area contributed by atoms with Crippen LogP contribution in [0.5, 0.6) is 11.6 Å². The van der Waals surface area contributed by atoms with Crippen LogP contribution in [0.3, 0.4) is 0 Å². The Morgan fingerprint density at radius 1 is 0.848 bits per heavy atom. The number of ether oxygens (including phenoxy) is 1. The molecule has 3 heterocycles. The molecule has 10 heteroatoms. The Labute approximate surface area is 269 Å². The van der Waals surface area contributed by atoms with Gasteiger partial charge in [0.25, 0.3) is 0 Å². The van der Waals surface area contributed by atoms with Crippen molar-refractivity contribution in [3.05, 3.63) is 114 Å². The van der Waals surface area contributed by atoms with Crippen LogP contribution in [0.15, 0.2) is 97.3 Å². The van der Waals surface area contributed by atoms with Crippen LogP contribution in [0.4, 0.5) is 27.8 Å². The van der Waals surface area contributed by atoms with Crippen LogP contribution in [0.1, 0.15) is 16.7 Å². The molecule has 0 spiro atoms. The van der Waals surface area contributed by atoms with E-state index in [0.717, 1.165) is 48.6 Å². The number of carbonyl (C=O) groups excluding carboxylic acids is 1. The molecule has 0 unspecified atom stereocenters. The van der Waals surface area contributed by atoms with E-state index < -0.39 is 0 Å². The van der Waals surface area contributed by atoms with Gasteiger partial charge >= 0.3 is 6.03 Å². The number of aromatic nitrogens is 3. The lowest BCUT2D eigenvalue weighted by atomic mass is 10.1. The van der Waals surface area contributed by atoms with E-state index in [9.17, 15) is 4.79 Å². The first kappa shape index (κ1) is 30.5. The Balaban J connectivity index is 1.10. The van der Waals surface area contributed by atoms with Gasteiger partial charge in [-0.15, -0.1) is 0 Å². The SMILES string of the molecule is Cc1ccc(CNC(=O)Nc2ccc(Oc3ncccc3-c3ccnc(Nc4ccc(N5CCN(C)CC5)cc4)n3)c(C)c2)cc1. The zero-order chi connectivity index (χ0) is 31.9. The van der Waals surface area contributed by atoms with Gasteiger partial charge in [-0.05, 0) is 92.7 Å². The van der Waals surface area contributed by atoms with Gasteiger partial charge < -0.3 is 30.5 Å². The van der Waals surface area contributed by atoms with Crippen molar-refractivity contribution < 1.29 is 9.53 Å². The molecule has 1 aliphatic heterocycles. The minimum Gasteiger partial charge on any atom is -0.438 e. The quantitative estimate of drug-likeness (QED) is 0.167. The number of pyridine rings is 1. The Morgan fingerprint density at radius 3 is 2.37 bits per heavy atom. The number of nitrogens with one attached hydrogen (secondary N) is 3. The fourth-order valence-corrected chi connectivity index (χ4v) is 5.19. The predicted octanol–water partition coefficient (Wildman–Crippen LogP) is 6.76. The van der Waals surface area contributed by atoms with Gasteiger partial charge in [0.05, 0.1) is 11.3 Å². The molecule has 1 fully saturated rings. The molecule has 234 valence electrons. The van der Waals surface area contributed by atoms with Gasteiger partial charge in [0.2, 0.25) is 11.8 Å². The Bertz CT molecular complexity index is 1790. The molecule has 6 rings (SSSR count). The molecule has 0 radical (unpaired) electrons. The summed E-state index contributed by atoms with van der Waals surface area (Å²) in [5.74, 6) is 1.52. The van der Waals surface area contributed by atoms with Gasteiger partial charge in [0.1, 0.15) is 5.75 Å². The smallest absolute Gasteiger partial charge is 0.319 e. The first-order chi connectivity index (χ1) is 22.4. The summed E-state index contributed by atoms with van der Waals surface area (Å²) >= 11 is 0. The van der Waals surface area contributed by atoms with E-state index in [1.54, 1.807) is 18.5 Å². The van der Waals surface area contributed by atoms with Gasteiger partial charge in [-0.1, -0.05) is 29.8 Å². The molecule has 3 aromatic carbocycles. The predicted molar refractivity (Wildman–Crippen MR) is 183 cm³/mol. The summed E-state index contributed by atoms with van der Waals surface area (Å²) in [6.45, 7) is 8.59. The normalized spacial score (nSPS) is 13.2. The first-order valence-corrected chi connectivity index (χ1v) is 15.4. The van der Waals surface area contributed by atoms with Crippen molar-refractivity contribution in [3.63, 3.8) is 0 Å². The highest BCUT2D eigenvalue weighted by atomic mass is 16.5. The molecule has 2 amide bonds. The number of anilines is 4. The van der Waals surface area contributed by atoms with Gasteiger partial charge in [-0.2, -0.15) is 0 Å². The maximum Gasteiger partial charge on any atom is 0.319 e. The highest BCUT2D eigenvalue weighted by Crippen LogP contribution is 2.33.